The lowest BCUT2D eigenvalue weighted by atomic mass is 10.0. The van der Waals surface area contributed by atoms with Crippen LogP contribution in [0, 0.1) is 11.3 Å². The fraction of sp³-hybridized carbons (Fsp3) is 0.278. The molecule has 2 aromatic rings. The van der Waals surface area contributed by atoms with Gasteiger partial charge in [-0.15, -0.1) is 0 Å². The third-order valence-electron chi connectivity index (χ3n) is 4.38. The van der Waals surface area contributed by atoms with Crippen molar-refractivity contribution in [1.29, 1.82) is 5.26 Å². The number of pyridine rings is 1. The summed E-state index contributed by atoms with van der Waals surface area (Å²) in [4.78, 5) is 23.8. The number of hydrogen-bond donors (Lipinski definition) is 1. The van der Waals surface area contributed by atoms with Crippen LogP contribution < -0.4 is 5.56 Å². The van der Waals surface area contributed by atoms with Gasteiger partial charge in [0.05, 0.1) is 5.69 Å². The molecule has 5 heteroatoms. The summed E-state index contributed by atoms with van der Waals surface area (Å²) >= 11 is 0. The Kier molecular flexibility index (Phi) is 3.75. The molecule has 1 N–H and O–H groups in total. The number of nitrogens with zero attached hydrogens (tertiary/aromatic N) is 2. The first-order valence-corrected chi connectivity index (χ1v) is 7.53. The fourth-order valence-electron chi connectivity index (χ4n) is 3.10. The van der Waals surface area contributed by atoms with Crippen molar-refractivity contribution >= 4 is 5.97 Å². The van der Waals surface area contributed by atoms with Gasteiger partial charge in [-0.2, -0.15) is 5.26 Å². The van der Waals surface area contributed by atoms with Crippen molar-refractivity contribution in [2.24, 2.45) is 0 Å². The largest absolute Gasteiger partial charge is 0.480 e. The number of aromatic nitrogens is 1. The topological polar surface area (TPSA) is 83.1 Å². The highest BCUT2D eigenvalue weighted by Crippen LogP contribution is 2.28. The molecule has 0 amide bonds. The highest BCUT2D eigenvalue weighted by Gasteiger charge is 2.21. The van der Waals surface area contributed by atoms with Crippen LogP contribution >= 0.6 is 0 Å². The maximum Gasteiger partial charge on any atom is 0.326 e. The highest BCUT2D eigenvalue weighted by molar-refractivity contribution is 5.73. The summed E-state index contributed by atoms with van der Waals surface area (Å²) < 4.78 is 1.19. The molecule has 116 valence electrons. The Hall–Kier alpha value is -2.87. The van der Waals surface area contributed by atoms with E-state index in [0.717, 1.165) is 24.8 Å². The van der Waals surface area contributed by atoms with Crippen molar-refractivity contribution in [2.75, 3.05) is 0 Å². The number of aliphatic carboxylic acids is 1. The van der Waals surface area contributed by atoms with E-state index in [1.54, 1.807) is 6.07 Å². The zero-order chi connectivity index (χ0) is 16.6. The molecular formula is C18H16N2O3. The van der Waals surface area contributed by atoms with E-state index in [4.69, 9.17) is 5.26 Å². The number of rotatable bonds is 3. The minimum Gasteiger partial charge on any atom is -0.480 e. The molecular weight excluding hydrogens is 292 g/mol. The van der Waals surface area contributed by atoms with Crippen LogP contribution in [0.4, 0.5) is 0 Å². The van der Waals surface area contributed by atoms with Gasteiger partial charge in [-0.05, 0) is 61.1 Å². The molecule has 0 fully saturated rings. The number of fused-ring (bicyclic) bond motifs is 1. The summed E-state index contributed by atoms with van der Waals surface area (Å²) in [6.45, 7) is 1.45. The molecule has 1 atom stereocenters. The summed E-state index contributed by atoms with van der Waals surface area (Å²) in [5.41, 5.74) is 3.26. The van der Waals surface area contributed by atoms with Crippen molar-refractivity contribution in [3.05, 3.63) is 57.4 Å². The average Bonchev–Trinajstić information content (AvgIpc) is 3.01. The van der Waals surface area contributed by atoms with Crippen LogP contribution in [-0.2, 0) is 17.6 Å². The first-order chi connectivity index (χ1) is 11.0. The number of aryl methyl sites for hydroxylation is 2. The minimum atomic E-state index is -1.11. The SMILES string of the molecule is CC(C(=O)O)n1c(-c2ccc3c(c2)CCC3)ccc(C#N)c1=O. The van der Waals surface area contributed by atoms with E-state index in [-0.39, 0.29) is 5.56 Å². The number of carboxylic acid groups (broad SMARTS) is 1. The van der Waals surface area contributed by atoms with E-state index < -0.39 is 17.6 Å². The predicted octanol–water partition coefficient (Wildman–Crippen LogP) is 2.52. The Morgan fingerprint density at radius 3 is 2.70 bits per heavy atom. The smallest absolute Gasteiger partial charge is 0.326 e. The summed E-state index contributed by atoms with van der Waals surface area (Å²) in [5, 5.41) is 18.3. The van der Waals surface area contributed by atoms with Crippen LogP contribution in [0.15, 0.2) is 35.1 Å². The second kappa shape index (κ2) is 5.73. The number of carbonyl (C=O) groups is 1. The molecule has 1 heterocycles. The molecule has 1 aliphatic rings. The van der Waals surface area contributed by atoms with Crippen molar-refractivity contribution in [2.45, 2.75) is 32.2 Å². The first-order valence-electron chi connectivity index (χ1n) is 7.53. The molecule has 1 unspecified atom stereocenters. The summed E-state index contributed by atoms with van der Waals surface area (Å²) in [5.74, 6) is -1.11. The Morgan fingerprint density at radius 1 is 1.26 bits per heavy atom. The second-order valence-corrected chi connectivity index (χ2v) is 5.77. The summed E-state index contributed by atoms with van der Waals surface area (Å²) in [6.07, 6.45) is 3.17. The van der Waals surface area contributed by atoms with E-state index in [2.05, 4.69) is 0 Å². The molecule has 0 spiro atoms. The van der Waals surface area contributed by atoms with Gasteiger partial charge >= 0.3 is 5.97 Å². The van der Waals surface area contributed by atoms with E-state index >= 15 is 0 Å². The van der Waals surface area contributed by atoms with Gasteiger partial charge in [0, 0.05) is 0 Å². The van der Waals surface area contributed by atoms with E-state index in [1.165, 1.54) is 28.7 Å². The van der Waals surface area contributed by atoms with Gasteiger partial charge < -0.3 is 5.11 Å². The first kappa shape index (κ1) is 15.0. The lowest BCUT2D eigenvalue weighted by Gasteiger charge is -2.17. The molecule has 3 rings (SSSR count). The second-order valence-electron chi connectivity index (χ2n) is 5.77. The summed E-state index contributed by atoms with van der Waals surface area (Å²) in [7, 11) is 0. The predicted molar refractivity (Wildman–Crippen MR) is 85.2 cm³/mol. The molecule has 5 nitrogen and oxygen atoms in total. The Labute approximate surface area is 133 Å². The van der Waals surface area contributed by atoms with Gasteiger partial charge in [0.15, 0.2) is 0 Å². The van der Waals surface area contributed by atoms with Gasteiger partial charge in [0.2, 0.25) is 0 Å². The number of nitriles is 1. The number of carboxylic acids is 1. The lowest BCUT2D eigenvalue weighted by molar-refractivity contribution is -0.140. The van der Waals surface area contributed by atoms with Gasteiger partial charge in [-0.3, -0.25) is 9.36 Å². The molecule has 1 aromatic carbocycles. The van der Waals surface area contributed by atoms with Gasteiger partial charge in [-0.25, -0.2) is 4.79 Å². The normalized spacial score (nSPS) is 14.1. The Bertz CT molecular complexity index is 890. The van der Waals surface area contributed by atoms with Crippen LogP contribution in [0.2, 0.25) is 0 Å². The lowest BCUT2D eigenvalue weighted by Crippen LogP contribution is -2.30. The molecule has 23 heavy (non-hydrogen) atoms. The van der Waals surface area contributed by atoms with Crippen LogP contribution in [-0.4, -0.2) is 15.6 Å². The molecule has 1 aliphatic carbocycles. The highest BCUT2D eigenvalue weighted by atomic mass is 16.4. The Morgan fingerprint density at radius 2 is 2.00 bits per heavy atom. The molecule has 0 bridgehead atoms. The van der Waals surface area contributed by atoms with E-state index in [0.29, 0.717) is 5.69 Å². The van der Waals surface area contributed by atoms with Gasteiger partial charge in [-0.1, -0.05) is 12.1 Å². The zero-order valence-corrected chi connectivity index (χ0v) is 12.7. The molecule has 0 saturated carbocycles. The van der Waals surface area contributed by atoms with Crippen molar-refractivity contribution in [1.82, 2.24) is 4.57 Å². The number of benzene rings is 1. The maximum atomic E-state index is 12.5. The molecule has 0 aliphatic heterocycles. The molecule has 0 saturated heterocycles. The van der Waals surface area contributed by atoms with E-state index in [1.807, 2.05) is 24.3 Å². The third kappa shape index (κ3) is 2.53. The summed E-state index contributed by atoms with van der Waals surface area (Å²) in [6, 6.07) is 9.86. The van der Waals surface area contributed by atoms with Crippen molar-refractivity contribution < 1.29 is 9.90 Å². The van der Waals surface area contributed by atoms with Crippen molar-refractivity contribution in [3.8, 4) is 17.3 Å². The van der Waals surface area contributed by atoms with Crippen molar-refractivity contribution in [3.63, 3.8) is 0 Å². The van der Waals surface area contributed by atoms with Gasteiger partial charge in [0.1, 0.15) is 17.7 Å². The average molecular weight is 308 g/mol. The van der Waals surface area contributed by atoms with E-state index in [9.17, 15) is 14.7 Å². The van der Waals surface area contributed by atoms with Crippen LogP contribution in [0.1, 0.15) is 36.1 Å². The maximum absolute atomic E-state index is 12.5. The van der Waals surface area contributed by atoms with Crippen LogP contribution in [0.3, 0.4) is 0 Å². The quantitative estimate of drug-likeness (QED) is 0.944. The Balaban J connectivity index is 2.23. The minimum absolute atomic E-state index is 0.0528. The standard InChI is InChI=1S/C18H16N2O3/c1-11(18(22)23)20-16(8-7-15(10-19)17(20)21)14-6-5-12-3-2-4-13(12)9-14/h5-9,11H,2-4H2,1H3,(H,22,23). The zero-order valence-electron chi connectivity index (χ0n) is 12.7. The van der Waals surface area contributed by atoms with Crippen LogP contribution in [0.25, 0.3) is 11.3 Å². The number of hydrogen-bond acceptors (Lipinski definition) is 3. The van der Waals surface area contributed by atoms with Crippen LogP contribution in [0.5, 0.6) is 0 Å². The fourth-order valence-corrected chi connectivity index (χ4v) is 3.10. The third-order valence-corrected chi connectivity index (χ3v) is 4.38. The monoisotopic (exact) mass is 308 g/mol. The molecule has 0 radical (unpaired) electrons. The van der Waals surface area contributed by atoms with Gasteiger partial charge in [0.25, 0.3) is 5.56 Å². The molecule has 1 aromatic heterocycles.